The lowest BCUT2D eigenvalue weighted by Crippen LogP contribution is -2.33. The summed E-state index contributed by atoms with van der Waals surface area (Å²) in [6.45, 7) is 10.4. The number of phenols is 1. The number of amides is 1. The van der Waals surface area contributed by atoms with Crippen molar-refractivity contribution in [2.45, 2.75) is 27.7 Å². The average Bonchev–Trinajstić information content (AvgIpc) is 2.63. The van der Waals surface area contributed by atoms with E-state index >= 15 is 0 Å². The van der Waals surface area contributed by atoms with Crippen molar-refractivity contribution in [1.29, 1.82) is 0 Å². The highest BCUT2D eigenvalue weighted by Gasteiger charge is 2.10. The van der Waals surface area contributed by atoms with Crippen molar-refractivity contribution < 1.29 is 19.8 Å². The molecule has 0 aliphatic heterocycles. The predicted molar refractivity (Wildman–Crippen MR) is 107 cm³/mol. The molecule has 0 atom stereocenters. The van der Waals surface area contributed by atoms with Crippen LogP contribution in [0.4, 0.5) is 5.69 Å². The Morgan fingerprint density at radius 1 is 0.963 bits per heavy atom. The number of carbonyl (C=O) groups excluding carboxylic acids is 1. The topological polar surface area (TPSA) is 89.9 Å². The Morgan fingerprint density at radius 2 is 1.52 bits per heavy atom. The Kier molecular flexibility index (Phi) is 9.02. The van der Waals surface area contributed by atoms with E-state index in [2.05, 4.69) is 24.1 Å². The molecule has 0 radical (unpaired) electrons. The molecule has 0 fully saturated rings. The van der Waals surface area contributed by atoms with Crippen LogP contribution in [0.25, 0.3) is 0 Å². The summed E-state index contributed by atoms with van der Waals surface area (Å²) >= 11 is 0. The quantitative estimate of drug-likeness (QED) is 0.720. The third-order valence-electron chi connectivity index (χ3n) is 4.14. The van der Waals surface area contributed by atoms with E-state index in [0.717, 1.165) is 29.9 Å². The van der Waals surface area contributed by atoms with Crippen molar-refractivity contribution in [2.24, 2.45) is 0 Å². The number of carboxylic acid groups (broad SMARTS) is 1. The summed E-state index contributed by atoms with van der Waals surface area (Å²) in [4.78, 5) is 24.3. The van der Waals surface area contributed by atoms with Crippen LogP contribution in [0.3, 0.4) is 0 Å². The van der Waals surface area contributed by atoms with Gasteiger partial charge in [0.25, 0.3) is 0 Å². The Hall–Kier alpha value is -2.86. The van der Waals surface area contributed by atoms with Crippen LogP contribution in [-0.2, 0) is 4.79 Å². The molecule has 0 saturated carbocycles. The molecule has 0 aliphatic rings. The first-order chi connectivity index (χ1) is 12.8. The fourth-order valence-corrected chi connectivity index (χ4v) is 2.50. The molecule has 0 bridgehead atoms. The number of hydrogen-bond acceptors (Lipinski definition) is 4. The maximum atomic E-state index is 11.9. The third-order valence-corrected chi connectivity index (χ3v) is 4.14. The first-order valence-electron chi connectivity index (χ1n) is 8.89. The van der Waals surface area contributed by atoms with Gasteiger partial charge in [0, 0.05) is 5.69 Å². The molecule has 0 aromatic heterocycles. The summed E-state index contributed by atoms with van der Waals surface area (Å²) in [5.41, 5.74) is 3.10. The van der Waals surface area contributed by atoms with Crippen LogP contribution < -0.4 is 5.32 Å². The van der Waals surface area contributed by atoms with Gasteiger partial charge in [0.2, 0.25) is 5.91 Å². The van der Waals surface area contributed by atoms with Crippen molar-refractivity contribution >= 4 is 17.6 Å². The molecular weight excluding hydrogens is 344 g/mol. The van der Waals surface area contributed by atoms with Crippen molar-refractivity contribution in [1.82, 2.24) is 4.90 Å². The van der Waals surface area contributed by atoms with Crippen molar-refractivity contribution in [3.63, 3.8) is 0 Å². The van der Waals surface area contributed by atoms with Crippen LogP contribution in [0.2, 0.25) is 0 Å². The van der Waals surface area contributed by atoms with Gasteiger partial charge in [0.15, 0.2) is 0 Å². The van der Waals surface area contributed by atoms with E-state index < -0.39 is 5.97 Å². The number of hydrogen-bond donors (Lipinski definition) is 3. The first kappa shape index (κ1) is 22.2. The number of aromatic hydroxyl groups is 1. The van der Waals surface area contributed by atoms with Crippen LogP contribution in [-0.4, -0.2) is 46.6 Å². The second-order valence-electron chi connectivity index (χ2n) is 6.10. The maximum Gasteiger partial charge on any atom is 0.339 e. The van der Waals surface area contributed by atoms with Gasteiger partial charge in [-0.05, 0) is 50.2 Å². The number of aromatic carboxylic acids is 1. The zero-order valence-electron chi connectivity index (χ0n) is 16.3. The molecule has 0 unspecified atom stereocenters. The molecule has 0 saturated heterocycles. The SMILES string of the molecule is CCN(CC)CC(=O)Nc1c(C)cccc1C.O=C(O)c1ccccc1O. The fraction of sp³-hybridized carbons (Fsp3) is 0.333. The van der Waals surface area contributed by atoms with Crippen molar-refractivity contribution in [2.75, 3.05) is 25.0 Å². The normalized spacial score (nSPS) is 10.1. The molecule has 1 amide bonds. The number of benzene rings is 2. The number of para-hydroxylation sites is 2. The predicted octanol–water partition coefficient (Wildman–Crippen LogP) is 3.67. The average molecular weight is 372 g/mol. The first-order valence-corrected chi connectivity index (χ1v) is 8.89. The second kappa shape index (κ2) is 11.0. The second-order valence-corrected chi connectivity index (χ2v) is 6.10. The molecule has 6 nitrogen and oxygen atoms in total. The summed E-state index contributed by atoms with van der Waals surface area (Å²) in [6, 6.07) is 11.8. The van der Waals surface area contributed by atoms with E-state index in [1.54, 1.807) is 12.1 Å². The van der Waals surface area contributed by atoms with E-state index in [1.807, 2.05) is 32.0 Å². The third kappa shape index (κ3) is 7.11. The van der Waals surface area contributed by atoms with Crippen molar-refractivity contribution in [3.8, 4) is 5.75 Å². The monoisotopic (exact) mass is 372 g/mol. The van der Waals surface area contributed by atoms with Gasteiger partial charge in [-0.2, -0.15) is 0 Å². The lowest BCUT2D eigenvalue weighted by Gasteiger charge is -2.18. The van der Waals surface area contributed by atoms with Crippen LogP contribution in [0.5, 0.6) is 5.75 Å². The van der Waals surface area contributed by atoms with Gasteiger partial charge in [0.05, 0.1) is 6.54 Å². The van der Waals surface area contributed by atoms with E-state index in [-0.39, 0.29) is 17.2 Å². The highest BCUT2D eigenvalue weighted by molar-refractivity contribution is 5.93. The summed E-state index contributed by atoms with van der Waals surface area (Å²) in [5.74, 6) is -1.25. The zero-order valence-corrected chi connectivity index (χ0v) is 16.3. The minimum atomic E-state index is -1.11. The molecular formula is C21H28N2O4. The van der Waals surface area contributed by atoms with E-state index in [0.29, 0.717) is 6.54 Å². The Balaban J connectivity index is 0.000000309. The molecule has 0 heterocycles. The zero-order chi connectivity index (χ0) is 20.4. The van der Waals surface area contributed by atoms with Gasteiger partial charge in [-0.3, -0.25) is 9.69 Å². The summed E-state index contributed by atoms with van der Waals surface area (Å²) in [7, 11) is 0. The van der Waals surface area contributed by atoms with E-state index in [4.69, 9.17) is 10.2 Å². The number of anilines is 1. The standard InChI is InChI=1S/C14H22N2O.C7H6O3/c1-5-16(6-2)10-13(17)15-14-11(3)8-7-9-12(14)4;8-6-4-2-1-3-5(6)7(9)10/h7-9H,5-6,10H2,1-4H3,(H,15,17);1-4,8H,(H,9,10). The molecule has 2 aromatic carbocycles. The number of rotatable bonds is 6. The molecule has 2 rings (SSSR count). The smallest absolute Gasteiger partial charge is 0.339 e. The Labute approximate surface area is 160 Å². The molecule has 0 aliphatic carbocycles. The minimum absolute atomic E-state index is 0.0612. The fourth-order valence-electron chi connectivity index (χ4n) is 2.50. The van der Waals surface area contributed by atoms with Crippen LogP contribution in [0.15, 0.2) is 42.5 Å². The molecule has 0 spiro atoms. The minimum Gasteiger partial charge on any atom is -0.507 e. The van der Waals surface area contributed by atoms with Gasteiger partial charge >= 0.3 is 5.97 Å². The maximum absolute atomic E-state index is 11.9. The molecule has 27 heavy (non-hydrogen) atoms. The highest BCUT2D eigenvalue weighted by atomic mass is 16.4. The summed E-state index contributed by atoms with van der Waals surface area (Å²) < 4.78 is 0. The number of nitrogens with zero attached hydrogens (tertiary/aromatic N) is 1. The van der Waals surface area contributed by atoms with Gasteiger partial charge in [-0.1, -0.05) is 44.2 Å². The van der Waals surface area contributed by atoms with Gasteiger partial charge in [-0.25, -0.2) is 4.79 Å². The Morgan fingerprint density at radius 3 is 1.96 bits per heavy atom. The lowest BCUT2D eigenvalue weighted by atomic mass is 10.1. The Bertz CT molecular complexity index is 750. The van der Waals surface area contributed by atoms with Crippen LogP contribution in [0.1, 0.15) is 35.3 Å². The largest absolute Gasteiger partial charge is 0.507 e. The number of carbonyl (C=O) groups is 2. The summed E-state index contributed by atoms with van der Waals surface area (Å²) in [5, 5.41) is 20.3. The number of aryl methyl sites for hydroxylation is 2. The van der Waals surface area contributed by atoms with Crippen molar-refractivity contribution in [3.05, 3.63) is 59.2 Å². The number of likely N-dealkylation sites (N-methyl/N-ethyl adjacent to an activating group) is 1. The summed E-state index contributed by atoms with van der Waals surface area (Å²) in [6.07, 6.45) is 0. The van der Waals surface area contributed by atoms with Gasteiger partial charge in [-0.15, -0.1) is 0 Å². The molecule has 2 aromatic rings. The van der Waals surface area contributed by atoms with E-state index in [1.165, 1.54) is 12.1 Å². The van der Waals surface area contributed by atoms with Crippen LogP contribution in [0, 0.1) is 13.8 Å². The van der Waals surface area contributed by atoms with Gasteiger partial charge < -0.3 is 15.5 Å². The van der Waals surface area contributed by atoms with E-state index in [9.17, 15) is 9.59 Å². The van der Waals surface area contributed by atoms with Gasteiger partial charge in [0.1, 0.15) is 11.3 Å². The number of nitrogens with one attached hydrogen (secondary N) is 1. The lowest BCUT2D eigenvalue weighted by molar-refractivity contribution is -0.117. The molecule has 146 valence electrons. The molecule has 3 N–H and O–H groups in total. The molecule has 6 heteroatoms. The van der Waals surface area contributed by atoms with Crippen LogP contribution >= 0.6 is 0 Å². The highest BCUT2D eigenvalue weighted by Crippen LogP contribution is 2.19. The number of carboxylic acids is 1.